The quantitative estimate of drug-likeness (QED) is 0.835. The fraction of sp³-hybridized carbons (Fsp3) is 0.333. The summed E-state index contributed by atoms with van der Waals surface area (Å²) in [5.74, 6) is -0.463. The average Bonchev–Trinajstić information content (AvgIpc) is 2.18. The second kappa shape index (κ2) is 5.07. The van der Waals surface area contributed by atoms with Crippen LogP contribution in [0.2, 0.25) is 0 Å². The number of halogens is 1. The number of aromatic nitrogens is 1. The first-order chi connectivity index (χ1) is 6.65. The van der Waals surface area contributed by atoms with Gasteiger partial charge in [-0.05, 0) is 28.1 Å². The molecule has 1 N–H and O–H groups in total. The zero-order valence-electron chi connectivity index (χ0n) is 7.61. The summed E-state index contributed by atoms with van der Waals surface area (Å²) in [6.45, 7) is 0. The molecule has 1 heterocycles. The van der Waals surface area contributed by atoms with E-state index in [-0.39, 0.29) is 6.42 Å². The number of pyridine rings is 1. The summed E-state index contributed by atoms with van der Waals surface area (Å²) in [7, 11) is 1.28. The van der Waals surface area contributed by atoms with Gasteiger partial charge in [0.1, 0.15) is 6.10 Å². The molecule has 0 aromatic carbocycles. The molecule has 0 bridgehead atoms. The normalized spacial score (nSPS) is 12.2. The summed E-state index contributed by atoms with van der Waals surface area (Å²) in [6, 6.07) is 3.49. The van der Waals surface area contributed by atoms with E-state index in [1.165, 1.54) is 7.11 Å². The molecule has 76 valence electrons. The van der Waals surface area contributed by atoms with Crippen LogP contribution >= 0.6 is 15.9 Å². The van der Waals surface area contributed by atoms with Gasteiger partial charge in [0.2, 0.25) is 0 Å². The fourth-order valence-electron chi connectivity index (χ4n) is 0.981. The van der Waals surface area contributed by atoms with Crippen LogP contribution in [-0.4, -0.2) is 23.2 Å². The van der Waals surface area contributed by atoms with Crippen molar-refractivity contribution in [2.45, 2.75) is 12.5 Å². The van der Waals surface area contributed by atoms with Crippen molar-refractivity contribution in [1.82, 2.24) is 4.98 Å². The smallest absolute Gasteiger partial charge is 0.308 e. The van der Waals surface area contributed by atoms with Crippen LogP contribution in [0.4, 0.5) is 0 Å². The number of aliphatic hydroxyl groups is 1. The van der Waals surface area contributed by atoms with Crippen molar-refractivity contribution in [2.75, 3.05) is 7.11 Å². The zero-order valence-corrected chi connectivity index (χ0v) is 9.19. The lowest BCUT2D eigenvalue weighted by atomic mass is 10.2. The Kier molecular flexibility index (Phi) is 4.03. The molecular formula is C9H10BrNO3. The minimum Gasteiger partial charge on any atom is -0.469 e. The lowest BCUT2D eigenvalue weighted by molar-refractivity contribution is -0.142. The van der Waals surface area contributed by atoms with Crippen molar-refractivity contribution in [2.24, 2.45) is 0 Å². The number of nitrogens with zero attached hydrogens (tertiary/aromatic N) is 1. The number of esters is 1. The Balaban J connectivity index is 2.74. The van der Waals surface area contributed by atoms with Gasteiger partial charge in [-0.1, -0.05) is 0 Å². The van der Waals surface area contributed by atoms with Gasteiger partial charge in [0.05, 0.1) is 19.2 Å². The average molecular weight is 260 g/mol. The van der Waals surface area contributed by atoms with Gasteiger partial charge in [0, 0.05) is 10.7 Å². The minimum absolute atomic E-state index is 0.0912. The number of hydrogen-bond acceptors (Lipinski definition) is 4. The van der Waals surface area contributed by atoms with Gasteiger partial charge < -0.3 is 9.84 Å². The second-order valence-corrected chi connectivity index (χ2v) is 3.52. The molecule has 5 heteroatoms. The van der Waals surface area contributed by atoms with Gasteiger partial charge in [-0.25, -0.2) is 0 Å². The summed E-state index contributed by atoms with van der Waals surface area (Å²) < 4.78 is 5.12. The molecule has 14 heavy (non-hydrogen) atoms. The lowest BCUT2D eigenvalue weighted by Crippen LogP contribution is -2.09. The molecule has 1 aromatic heterocycles. The monoisotopic (exact) mass is 259 g/mol. The van der Waals surface area contributed by atoms with E-state index >= 15 is 0 Å². The van der Waals surface area contributed by atoms with Crippen LogP contribution in [0, 0.1) is 0 Å². The van der Waals surface area contributed by atoms with E-state index < -0.39 is 12.1 Å². The maximum absolute atomic E-state index is 10.9. The highest BCUT2D eigenvalue weighted by Gasteiger charge is 2.16. The van der Waals surface area contributed by atoms with Crippen LogP contribution in [0.5, 0.6) is 0 Å². The standard InChI is InChI=1S/C9H10BrNO3/c1-14-8(13)5-7(12)9-6(10)3-2-4-11-9/h2-4,7,12H,5H2,1H3/t7-/m0/s1. The van der Waals surface area contributed by atoms with E-state index in [9.17, 15) is 9.90 Å². The van der Waals surface area contributed by atoms with Crippen molar-refractivity contribution in [1.29, 1.82) is 0 Å². The Labute approximate surface area is 90.0 Å². The molecule has 0 aliphatic heterocycles. The molecule has 0 saturated carbocycles. The molecule has 1 aromatic rings. The third-order valence-electron chi connectivity index (χ3n) is 1.69. The van der Waals surface area contributed by atoms with Gasteiger partial charge >= 0.3 is 5.97 Å². The molecule has 0 fully saturated rings. The van der Waals surface area contributed by atoms with Crippen molar-refractivity contribution in [3.05, 3.63) is 28.5 Å². The zero-order chi connectivity index (χ0) is 10.6. The molecule has 4 nitrogen and oxygen atoms in total. The van der Waals surface area contributed by atoms with Gasteiger partial charge in [-0.3, -0.25) is 9.78 Å². The number of carbonyl (C=O) groups excluding carboxylic acids is 1. The first kappa shape index (κ1) is 11.1. The van der Waals surface area contributed by atoms with Gasteiger partial charge in [0.25, 0.3) is 0 Å². The third-order valence-corrected chi connectivity index (χ3v) is 2.36. The predicted octanol–water partition coefficient (Wildman–Crippen LogP) is 1.44. The highest BCUT2D eigenvalue weighted by molar-refractivity contribution is 9.10. The Morgan fingerprint density at radius 1 is 1.79 bits per heavy atom. The summed E-state index contributed by atoms with van der Waals surface area (Å²) in [5, 5.41) is 9.61. The predicted molar refractivity (Wildman–Crippen MR) is 53.5 cm³/mol. The molecule has 1 rings (SSSR count). The van der Waals surface area contributed by atoms with Crippen molar-refractivity contribution in [3.8, 4) is 0 Å². The number of carbonyl (C=O) groups is 1. The first-order valence-corrected chi connectivity index (χ1v) is 4.79. The second-order valence-electron chi connectivity index (χ2n) is 2.67. The molecule has 0 amide bonds. The maximum Gasteiger partial charge on any atom is 0.308 e. The number of aliphatic hydroxyl groups excluding tert-OH is 1. The van der Waals surface area contributed by atoms with Gasteiger partial charge in [-0.15, -0.1) is 0 Å². The van der Waals surface area contributed by atoms with Crippen molar-refractivity contribution in [3.63, 3.8) is 0 Å². The highest BCUT2D eigenvalue weighted by Crippen LogP contribution is 2.22. The molecule has 0 unspecified atom stereocenters. The molecule has 0 spiro atoms. The third kappa shape index (κ3) is 2.78. The van der Waals surface area contributed by atoms with Crippen molar-refractivity contribution < 1.29 is 14.6 Å². The van der Waals surface area contributed by atoms with E-state index in [1.807, 2.05) is 0 Å². The van der Waals surface area contributed by atoms with Crippen LogP contribution in [0.25, 0.3) is 0 Å². The largest absolute Gasteiger partial charge is 0.469 e. The number of hydrogen-bond donors (Lipinski definition) is 1. The Hall–Kier alpha value is -0.940. The Morgan fingerprint density at radius 2 is 2.50 bits per heavy atom. The fourth-order valence-corrected chi connectivity index (χ4v) is 1.50. The summed E-state index contributed by atoms with van der Waals surface area (Å²) in [6.07, 6.45) is 0.533. The van der Waals surface area contributed by atoms with E-state index in [0.717, 1.165) is 0 Å². The maximum atomic E-state index is 10.9. The van der Waals surface area contributed by atoms with Crippen molar-refractivity contribution >= 4 is 21.9 Å². The van der Waals surface area contributed by atoms with Gasteiger partial charge in [0.15, 0.2) is 0 Å². The lowest BCUT2D eigenvalue weighted by Gasteiger charge is -2.09. The van der Waals surface area contributed by atoms with E-state index in [1.54, 1.807) is 18.3 Å². The number of ether oxygens (including phenoxy) is 1. The number of methoxy groups -OCH3 is 1. The van der Waals surface area contributed by atoms with Crippen LogP contribution < -0.4 is 0 Å². The first-order valence-electron chi connectivity index (χ1n) is 4.00. The molecule has 0 aliphatic rings. The SMILES string of the molecule is COC(=O)C[C@H](O)c1ncccc1Br. The van der Waals surface area contributed by atoms with E-state index in [0.29, 0.717) is 10.2 Å². The molecule has 1 atom stereocenters. The highest BCUT2D eigenvalue weighted by atomic mass is 79.9. The van der Waals surface area contributed by atoms with E-state index in [4.69, 9.17) is 0 Å². The Bertz CT molecular complexity index is 330. The molecular weight excluding hydrogens is 250 g/mol. The van der Waals surface area contributed by atoms with Crippen LogP contribution in [0.1, 0.15) is 18.2 Å². The minimum atomic E-state index is -0.932. The van der Waals surface area contributed by atoms with Crippen LogP contribution in [-0.2, 0) is 9.53 Å². The topological polar surface area (TPSA) is 59.4 Å². The van der Waals surface area contributed by atoms with Crippen LogP contribution in [0.15, 0.2) is 22.8 Å². The molecule has 0 saturated heterocycles. The summed E-state index contributed by atoms with van der Waals surface area (Å²) in [4.78, 5) is 14.8. The molecule has 0 aliphatic carbocycles. The van der Waals surface area contributed by atoms with Gasteiger partial charge in [-0.2, -0.15) is 0 Å². The Morgan fingerprint density at radius 3 is 3.07 bits per heavy atom. The number of rotatable bonds is 3. The van der Waals surface area contributed by atoms with E-state index in [2.05, 4.69) is 25.7 Å². The molecule has 0 radical (unpaired) electrons. The summed E-state index contributed by atoms with van der Waals surface area (Å²) in [5.41, 5.74) is 0.443. The summed E-state index contributed by atoms with van der Waals surface area (Å²) >= 11 is 3.23. The van der Waals surface area contributed by atoms with Crippen LogP contribution in [0.3, 0.4) is 0 Å².